The molecule has 1 fully saturated rings. The summed E-state index contributed by atoms with van der Waals surface area (Å²) in [6.07, 6.45) is 2.26. The smallest absolute Gasteiger partial charge is 0.124 e. The molecule has 0 bridgehead atoms. The Balaban J connectivity index is 1.55. The maximum atomic E-state index is 9.35. The second-order valence-electron chi connectivity index (χ2n) is 6.14. The maximum absolute atomic E-state index is 9.35. The van der Waals surface area contributed by atoms with Gasteiger partial charge in [-0.3, -0.25) is 0 Å². The van der Waals surface area contributed by atoms with Gasteiger partial charge in [-0.2, -0.15) is 0 Å². The highest BCUT2D eigenvalue weighted by atomic mass is 16.5. The number of para-hydroxylation sites is 1. The fraction of sp³-hybridized carbons (Fsp3) is 0.368. The summed E-state index contributed by atoms with van der Waals surface area (Å²) in [6.45, 7) is 2.51. The van der Waals surface area contributed by atoms with Crippen molar-refractivity contribution in [1.82, 2.24) is 5.32 Å². The van der Waals surface area contributed by atoms with E-state index in [-0.39, 0.29) is 12.0 Å². The minimum Gasteiger partial charge on any atom is -0.489 e. The summed E-state index contributed by atoms with van der Waals surface area (Å²) in [5.41, 5.74) is 2.47. The van der Waals surface area contributed by atoms with Crippen LogP contribution in [0.4, 0.5) is 0 Å². The molecule has 0 spiro atoms. The molecule has 116 valence electrons. The van der Waals surface area contributed by atoms with Gasteiger partial charge in [0, 0.05) is 30.7 Å². The first-order valence-corrected chi connectivity index (χ1v) is 7.88. The van der Waals surface area contributed by atoms with Gasteiger partial charge in [0.25, 0.3) is 0 Å². The predicted octanol–water partition coefficient (Wildman–Crippen LogP) is 3.13. The Morgan fingerprint density at radius 3 is 2.45 bits per heavy atom. The molecule has 0 amide bonds. The molecule has 0 aliphatic heterocycles. The van der Waals surface area contributed by atoms with Crippen molar-refractivity contribution in [2.24, 2.45) is 5.41 Å². The van der Waals surface area contributed by atoms with Gasteiger partial charge < -0.3 is 15.2 Å². The first-order valence-electron chi connectivity index (χ1n) is 7.88. The summed E-state index contributed by atoms with van der Waals surface area (Å²) in [5.74, 6) is 0.924. The monoisotopic (exact) mass is 297 g/mol. The Morgan fingerprint density at radius 2 is 1.73 bits per heavy atom. The van der Waals surface area contributed by atoms with Crippen LogP contribution in [-0.4, -0.2) is 18.3 Å². The third kappa shape index (κ3) is 3.87. The SMILES string of the molecule is OCC1(CNCc2ccccc2OCc2ccccc2)CC1. The van der Waals surface area contributed by atoms with E-state index in [1.165, 1.54) is 5.56 Å². The number of ether oxygens (including phenoxy) is 1. The quantitative estimate of drug-likeness (QED) is 0.786. The van der Waals surface area contributed by atoms with E-state index in [2.05, 4.69) is 23.5 Å². The van der Waals surface area contributed by atoms with E-state index in [0.717, 1.165) is 37.2 Å². The van der Waals surface area contributed by atoms with Gasteiger partial charge in [0.2, 0.25) is 0 Å². The third-order valence-electron chi connectivity index (χ3n) is 4.32. The molecule has 3 heteroatoms. The average Bonchev–Trinajstić information content (AvgIpc) is 3.35. The molecule has 2 aromatic carbocycles. The summed E-state index contributed by atoms with van der Waals surface area (Å²) in [6, 6.07) is 18.3. The zero-order chi connectivity index (χ0) is 15.3. The lowest BCUT2D eigenvalue weighted by molar-refractivity contribution is 0.207. The largest absolute Gasteiger partial charge is 0.489 e. The van der Waals surface area contributed by atoms with Crippen molar-refractivity contribution in [3.63, 3.8) is 0 Å². The van der Waals surface area contributed by atoms with Crippen molar-refractivity contribution in [1.29, 1.82) is 0 Å². The molecule has 3 nitrogen and oxygen atoms in total. The van der Waals surface area contributed by atoms with Crippen molar-refractivity contribution in [3.8, 4) is 5.75 Å². The van der Waals surface area contributed by atoms with Crippen molar-refractivity contribution in [3.05, 3.63) is 65.7 Å². The lowest BCUT2D eigenvalue weighted by Crippen LogP contribution is -2.26. The first-order chi connectivity index (χ1) is 10.8. The Kier molecular flexibility index (Phi) is 4.76. The fourth-order valence-corrected chi connectivity index (χ4v) is 2.56. The summed E-state index contributed by atoms with van der Waals surface area (Å²) < 4.78 is 5.96. The van der Waals surface area contributed by atoms with E-state index < -0.39 is 0 Å². The summed E-state index contributed by atoms with van der Waals surface area (Å²) >= 11 is 0. The van der Waals surface area contributed by atoms with Gasteiger partial charge in [0.05, 0.1) is 0 Å². The summed E-state index contributed by atoms with van der Waals surface area (Å²) in [5, 5.41) is 12.8. The van der Waals surface area contributed by atoms with Crippen LogP contribution in [0.5, 0.6) is 5.75 Å². The second-order valence-corrected chi connectivity index (χ2v) is 6.14. The zero-order valence-corrected chi connectivity index (χ0v) is 12.8. The van der Waals surface area contributed by atoms with Crippen molar-refractivity contribution < 1.29 is 9.84 Å². The van der Waals surface area contributed by atoms with E-state index in [1.54, 1.807) is 0 Å². The van der Waals surface area contributed by atoms with E-state index in [9.17, 15) is 5.11 Å². The molecule has 0 aromatic heterocycles. The number of rotatable bonds is 8. The Bertz CT molecular complexity index is 593. The normalized spacial score (nSPS) is 15.5. The molecule has 1 saturated carbocycles. The molecular formula is C19H23NO2. The van der Waals surface area contributed by atoms with Gasteiger partial charge in [-0.15, -0.1) is 0 Å². The Hall–Kier alpha value is -1.84. The van der Waals surface area contributed by atoms with Crippen molar-refractivity contribution >= 4 is 0 Å². The van der Waals surface area contributed by atoms with E-state index >= 15 is 0 Å². The fourth-order valence-electron chi connectivity index (χ4n) is 2.56. The zero-order valence-electron chi connectivity index (χ0n) is 12.8. The number of aliphatic hydroxyl groups is 1. The van der Waals surface area contributed by atoms with Crippen LogP contribution < -0.4 is 10.1 Å². The highest BCUT2D eigenvalue weighted by Gasteiger charge is 2.41. The molecule has 0 saturated heterocycles. The van der Waals surface area contributed by atoms with Crippen LogP contribution in [0.25, 0.3) is 0 Å². The van der Waals surface area contributed by atoms with Crippen LogP contribution in [0.2, 0.25) is 0 Å². The molecule has 22 heavy (non-hydrogen) atoms. The van der Waals surface area contributed by atoms with Crippen LogP contribution in [0.1, 0.15) is 24.0 Å². The van der Waals surface area contributed by atoms with E-state index in [1.807, 2.05) is 36.4 Å². The molecular weight excluding hydrogens is 274 g/mol. The molecule has 1 aliphatic carbocycles. The van der Waals surface area contributed by atoms with Gasteiger partial charge >= 0.3 is 0 Å². The Morgan fingerprint density at radius 1 is 1.00 bits per heavy atom. The maximum Gasteiger partial charge on any atom is 0.124 e. The van der Waals surface area contributed by atoms with E-state index in [4.69, 9.17) is 4.74 Å². The van der Waals surface area contributed by atoms with Gasteiger partial charge in [-0.05, 0) is 24.5 Å². The molecule has 0 heterocycles. The number of aliphatic hydroxyl groups excluding tert-OH is 1. The topological polar surface area (TPSA) is 41.5 Å². The molecule has 0 unspecified atom stereocenters. The van der Waals surface area contributed by atoms with Crippen LogP contribution >= 0.6 is 0 Å². The molecule has 2 N–H and O–H groups in total. The van der Waals surface area contributed by atoms with Crippen LogP contribution in [0.3, 0.4) is 0 Å². The van der Waals surface area contributed by atoms with Crippen LogP contribution in [0, 0.1) is 5.41 Å². The highest BCUT2D eigenvalue weighted by Crippen LogP contribution is 2.44. The summed E-state index contributed by atoms with van der Waals surface area (Å²) in [4.78, 5) is 0. The standard InChI is InChI=1S/C19H23NO2/c21-15-19(10-11-19)14-20-12-17-8-4-5-9-18(17)22-13-16-6-2-1-3-7-16/h1-9,20-21H,10-15H2. The lowest BCUT2D eigenvalue weighted by atomic mass is 10.1. The molecule has 1 aliphatic rings. The first kappa shape index (κ1) is 15.1. The highest BCUT2D eigenvalue weighted by molar-refractivity contribution is 5.33. The number of benzene rings is 2. The second kappa shape index (κ2) is 6.95. The lowest BCUT2D eigenvalue weighted by Gasteiger charge is -2.15. The molecule has 2 aromatic rings. The average molecular weight is 297 g/mol. The molecule has 0 radical (unpaired) electrons. The van der Waals surface area contributed by atoms with Gasteiger partial charge in [-0.25, -0.2) is 0 Å². The molecule has 3 rings (SSSR count). The number of hydrogen-bond acceptors (Lipinski definition) is 3. The van der Waals surface area contributed by atoms with Crippen molar-refractivity contribution in [2.75, 3.05) is 13.2 Å². The van der Waals surface area contributed by atoms with Gasteiger partial charge in [-0.1, -0.05) is 48.5 Å². The van der Waals surface area contributed by atoms with E-state index in [0.29, 0.717) is 6.61 Å². The third-order valence-corrected chi connectivity index (χ3v) is 4.32. The number of nitrogens with one attached hydrogen (secondary N) is 1. The Labute approximate surface area is 131 Å². The molecule has 0 atom stereocenters. The number of hydrogen-bond donors (Lipinski definition) is 2. The minimum atomic E-state index is 0.139. The van der Waals surface area contributed by atoms with Crippen LogP contribution in [0.15, 0.2) is 54.6 Å². The van der Waals surface area contributed by atoms with Crippen LogP contribution in [-0.2, 0) is 13.2 Å². The predicted molar refractivity (Wildman–Crippen MR) is 87.7 cm³/mol. The van der Waals surface area contributed by atoms with Gasteiger partial charge in [0.1, 0.15) is 12.4 Å². The van der Waals surface area contributed by atoms with Gasteiger partial charge in [0.15, 0.2) is 0 Å². The minimum absolute atomic E-state index is 0.139. The summed E-state index contributed by atoms with van der Waals surface area (Å²) in [7, 11) is 0. The van der Waals surface area contributed by atoms with Crippen molar-refractivity contribution in [2.45, 2.75) is 26.0 Å².